The van der Waals surface area contributed by atoms with Crippen LogP contribution in [0.15, 0.2) is 33.6 Å². The molecule has 0 atom stereocenters. The van der Waals surface area contributed by atoms with Crippen LogP contribution in [-0.2, 0) is 0 Å². The second kappa shape index (κ2) is 13.0. The van der Waals surface area contributed by atoms with Crippen molar-refractivity contribution in [1.82, 2.24) is 0 Å². The maximum absolute atomic E-state index is 4.85. The van der Waals surface area contributed by atoms with Gasteiger partial charge in [-0.1, -0.05) is 43.1 Å². The number of hydrogen-bond donors (Lipinski definition) is 2. The summed E-state index contributed by atoms with van der Waals surface area (Å²) in [5.74, 6) is 0. The lowest BCUT2D eigenvalue weighted by Gasteiger charge is -1.87. The molecule has 0 heterocycles. The smallest absolute Gasteiger partial charge is 0.0176 e. The predicted octanol–water partition coefficient (Wildman–Crippen LogP) is 4.12. The molecule has 1 aromatic rings. The first kappa shape index (κ1) is 16.4. The summed E-state index contributed by atoms with van der Waals surface area (Å²) >= 11 is 7.42. The Morgan fingerprint density at radius 2 is 1.43 bits per heavy atom. The topological polar surface area (TPSA) is 26.0 Å². The lowest BCUT2D eigenvalue weighted by molar-refractivity contribution is 1.09. The van der Waals surface area contributed by atoms with Gasteiger partial charge in [0.05, 0.1) is 0 Å². The van der Waals surface area contributed by atoms with E-state index in [2.05, 4.69) is 42.4 Å². The van der Waals surface area contributed by atoms with E-state index in [1.165, 1.54) is 6.42 Å². The van der Waals surface area contributed by atoms with Gasteiger partial charge in [0.2, 0.25) is 0 Å². The van der Waals surface area contributed by atoms with E-state index in [1.54, 1.807) is 0 Å². The van der Waals surface area contributed by atoms with Crippen molar-refractivity contribution in [1.29, 1.82) is 0 Å². The van der Waals surface area contributed by atoms with Crippen molar-refractivity contribution < 1.29 is 0 Å². The molecule has 14 heavy (non-hydrogen) atoms. The molecule has 0 amide bonds. The Morgan fingerprint density at radius 1 is 1.14 bits per heavy atom. The highest BCUT2D eigenvalue weighted by molar-refractivity contribution is 9.10. The molecule has 82 valence electrons. The van der Waals surface area contributed by atoms with Crippen molar-refractivity contribution in [3.63, 3.8) is 0 Å². The van der Waals surface area contributed by atoms with Crippen LogP contribution in [0.25, 0.3) is 0 Å². The molecular formula is C11H20BrNS. The molecule has 2 N–H and O–H groups in total. The fraction of sp³-hybridized carbons (Fsp3) is 0.455. The van der Waals surface area contributed by atoms with Crippen LogP contribution in [-0.4, -0.2) is 6.54 Å². The van der Waals surface area contributed by atoms with E-state index in [0.717, 1.165) is 15.9 Å². The fourth-order valence-electron chi connectivity index (χ4n) is 0.441. The van der Waals surface area contributed by atoms with Crippen LogP contribution in [0.4, 0.5) is 0 Å². The van der Waals surface area contributed by atoms with Gasteiger partial charge in [0.25, 0.3) is 0 Å². The molecule has 0 aliphatic carbocycles. The largest absolute Gasteiger partial charge is 0.331 e. The normalized spacial score (nSPS) is 7.86. The number of halogens is 1. The summed E-state index contributed by atoms with van der Waals surface area (Å²) in [6, 6.07) is 7.80. The van der Waals surface area contributed by atoms with Crippen LogP contribution in [0.1, 0.15) is 27.2 Å². The number of benzene rings is 1. The molecular weight excluding hydrogens is 258 g/mol. The Hall–Kier alpha value is 0.01000. The molecule has 0 aliphatic heterocycles. The molecule has 3 heteroatoms. The molecule has 0 aliphatic rings. The zero-order chi connectivity index (χ0) is 11.4. The molecule has 0 saturated heterocycles. The van der Waals surface area contributed by atoms with E-state index in [-0.39, 0.29) is 0 Å². The van der Waals surface area contributed by atoms with Crippen LogP contribution >= 0.6 is 28.6 Å². The first-order valence-electron chi connectivity index (χ1n) is 4.76. The first-order chi connectivity index (χ1) is 6.62. The van der Waals surface area contributed by atoms with Crippen LogP contribution in [0, 0.1) is 0 Å². The monoisotopic (exact) mass is 277 g/mol. The molecule has 0 spiro atoms. The Labute approximate surface area is 102 Å². The SMILES string of the molecule is CCC.CCN.Sc1ccc(Br)cc1. The third-order valence-electron chi connectivity index (χ3n) is 0.827. The Bertz CT molecular complexity index is 176. The lowest BCUT2D eigenvalue weighted by atomic mass is 10.4. The van der Waals surface area contributed by atoms with Crippen molar-refractivity contribution in [3.05, 3.63) is 28.7 Å². The molecule has 1 rings (SSSR count). The van der Waals surface area contributed by atoms with Gasteiger partial charge in [-0.05, 0) is 30.8 Å². The molecule has 0 unspecified atom stereocenters. The van der Waals surface area contributed by atoms with Gasteiger partial charge in [-0.25, -0.2) is 0 Å². The maximum atomic E-state index is 4.85. The second-order valence-corrected chi connectivity index (χ2v) is 4.02. The van der Waals surface area contributed by atoms with Crippen LogP contribution < -0.4 is 5.73 Å². The number of nitrogens with two attached hydrogens (primary N) is 1. The Kier molecular flexibility index (Phi) is 15.3. The van der Waals surface area contributed by atoms with Gasteiger partial charge in [0.1, 0.15) is 0 Å². The quantitative estimate of drug-likeness (QED) is 0.686. The molecule has 1 aromatic carbocycles. The van der Waals surface area contributed by atoms with Gasteiger partial charge >= 0.3 is 0 Å². The fourth-order valence-corrected chi connectivity index (χ4v) is 0.854. The Balaban J connectivity index is 0. The predicted molar refractivity (Wildman–Crippen MR) is 72.1 cm³/mol. The van der Waals surface area contributed by atoms with Crippen LogP contribution in [0.5, 0.6) is 0 Å². The first-order valence-corrected chi connectivity index (χ1v) is 6.00. The highest BCUT2D eigenvalue weighted by atomic mass is 79.9. The molecule has 0 aromatic heterocycles. The summed E-state index contributed by atoms with van der Waals surface area (Å²) in [6.45, 7) is 6.90. The molecule has 0 saturated carbocycles. The average Bonchev–Trinajstić information content (AvgIpc) is 2.13. The third-order valence-corrected chi connectivity index (χ3v) is 1.65. The summed E-state index contributed by atoms with van der Waals surface area (Å²) in [6.07, 6.45) is 1.25. The van der Waals surface area contributed by atoms with Crippen molar-refractivity contribution >= 4 is 28.6 Å². The highest BCUT2D eigenvalue weighted by Gasteiger charge is 1.82. The van der Waals surface area contributed by atoms with E-state index < -0.39 is 0 Å². The van der Waals surface area contributed by atoms with Crippen molar-refractivity contribution in [2.45, 2.75) is 32.1 Å². The zero-order valence-electron chi connectivity index (χ0n) is 9.13. The molecule has 0 fully saturated rings. The van der Waals surface area contributed by atoms with Gasteiger partial charge < -0.3 is 5.73 Å². The zero-order valence-corrected chi connectivity index (χ0v) is 11.6. The van der Waals surface area contributed by atoms with Crippen LogP contribution in [0.3, 0.4) is 0 Å². The van der Waals surface area contributed by atoms with E-state index in [1.807, 2.05) is 31.2 Å². The van der Waals surface area contributed by atoms with Crippen molar-refractivity contribution in [2.24, 2.45) is 5.73 Å². The third kappa shape index (κ3) is 14.5. The number of rotatable bonds is 0. The summed E-state index contributed by atoms with van der Waals surface area (Å²) in [4.78, 5) is 0.994. The lowest BCUT2D eigenvalue weighted by Crippen LogP contribution is -1.87. The summed E-state index contributed by atoms with van der Waals surface area (Å²) < 4.78 is 1.09. The molecule has 0 bridgehead atoms. The van der Waals surface area contributed by atoms with Crippen molar-refractivity contribution in [2.75, 3.05) is 6.54 Å². The standard InChI is InChI=1S/C6H5BrS.C3H8.C2H7N/c7-5-1-3-6(8)4-2-5;1-3-2;1-2-3/h1-4,8H;3H2,1-2H3;2-3H2,1H3. The highest BCUT2D eigenvalue weighted by Crippen LogP contribution is 2.11. The minimum absolute atomic E-state index is 0.750. The summed E-state index contributed by atoms with van der Waals surface area (Å²) in [7, 11) is 0. The van der Waals surface area contributed by atoms with E-state index in [0.29, 0.717) is 0 Å². The molecule has 0 radical (unpaired) electrons. The summed E-state index contributed by atoms with van der Waals surface area (Å²) in [5.41, 5.74) is 4.85. The van der Waals surface area contributed by atoms with Gasteiger partial charge in [0.15, 0.2) is 0 Å². The minimum atomic E-state index is 0.750. The van der Waals surface area contributed by atoms with Crippen molar-refractivity contribution in [3.8, 4) is 0 Å². The van der Waals surface area contributed by atoms with E-state index in [4.69, 9.17) is 5.73 Å². The van der Waals surface area contributed by atoms with Gasteiger partial charge in [-0.2, -0.15) is 0 Å². The average molecular weight is 278 g/mol. The van der Waals surface area contributed by atoms with Gasteiger partial charge in [-0.3, -0.25) is 0 Å². The van der Waals surface area contributed by atoms with Crippen LogP contribution in [0.2, 0.25) is 0 Å². The maximum Gasteiger partial charge on any atom is 0.0176 e. The molecule has 1 nitrogen and oxygen atoms in total. The van der Waals surface area contributed by atoms with E-state index >= 15 is 0 Å². The minimum Gasteiger partial charge on any atom is -0.331 e. The van der Waals surface area contributed by atoms with Gasteiger partial charge in [-0.15, -0.1) is 12.6 Å². The van der Waals surface area contributed by atoms with Gasteiger partial charge in [0, 0.05) is 9.37 Å². The Morgan fingerprint density at radius 3 is 1.64 bits per heavy atom. The van der Waals surface area contributed by atoms with E-state index in [9.17, 15) is 0 Å². The second-order valence-electron chi connectivity index (χ2n) is 2.59. The number of hydrogen-bond acceptors (Lipinski definition) is 2. The summed E-state index contributed by atoms with van der Waals surface area (Å²) in [5, 5.41) is 0. The number of thiol groups is 1.